The molecule has 1 unspecified atom stereocenters. The molecule has 4 nitrogen and oxygen atoms in total. The van der Waals surface area contributed by atoms with Gasteiger partial charge in [0, 0.05) is 44.9 Å². The highest BCUT2D eigenvalue weighted by molar-refractivity contribution is 6.46. The molecule has 1 rings (SSSR count). The van der Waals surface area contributed by atoms with Crippen LogP contribution in [0.2, 0.25) is 5.54 Å². The zero-order valence-electron chi connectivity index (χ0n) is 12.9. The van der Waals surface area contributed by atoms with Crippen molar-refractivity contribution in [3.63, 3.8) is 0 Å². The molecule has 1 radical (unpaired) electrons. The quantitative estimate of drug-likeness (QED) is 0.623. The topological polar surface area (TPSA) is 33.7 Å². The third kappa shape index (κ3) is 6.86. The Kier molecular flexibility index (Phi) is 9.72. The highest BCUT2D eigenvalue weighted by atomic mass is 28.3. The van der Waals surface area contributed by atoms with Gasteiger partial charge in [-0.2, -0.15) is 0 Å². The van der Waals surface area contributed by atoms with E-state index in [0.717, 1.165) is 26.3 Å². The minimum atomic E-state index is -1.07. The number of nitrogens with zero attached hydrogens (tertiary/aromatic N) is 1. The fraction of sp³-hybridized carbons (Fsp3) is 1.00. The third-order valence-electron chi connectivity index (χ3n) is 3.64. The van der Waals surface area contributed by atoms with Crippen LogP contribution in [0.25, 0.3) is 0 Å². The van der Waals surface area contributed by atoms with Crippen LogP contribution in [0, 0.1) is 0 Å². The minimum absolute atomic E-state index is 0.632. The molecule has 1 fully saturated rings. The molecule has 1 aliphatic rings. The molecular weight excluding hydrogens is 256 g/mol. The number of rotatable bonds is 10. The summed E-state index contributed by atoms with van der Waals surface area (Å²) < 4.78 is 11.7. The van der Waals surface area contributed by atoms with E-state index in [2.05, 4.69) is 31.0 Å². The average Bonchev–Trinajstić information content (AvgIpc) is 2.45. The first-order valence-electron chi connectivity index (χ1n) is 7.87. The summed E-state index contributed by atoms with van der Waals surface area (Å²) in [7, 11) is -1.07. The molecule has 5 heteroatoms. The molecule has 1 aliphatic heterocycles. The van der Waals surface area contributed by atoms with Crippen LogP contribution in [0.5, 0.6) is 0 Å². The minimum Gasteiger partial charge on any atom is -0.393 e. The van der Waals surface area contributed by atoms with Gasteiger partial charge >= 0.3 is 9.28 Å². The zero-order chi connectivity index (χ0) is 13.9. The van der Waals surface area contributed by atoms with E-state index in [9.17, 15) is 0 Å². The predicted octanol–water partition coefficient (Wildman–Crippen LogP) is 2.01. The Morgan fingerprint density at radius 3 is 2.26 bits per heavy atom. The smallest absolute Gasteiger partial charge is 0.387 e. The summed E-state index contributed by atoms with van der Waals surface area (Å²) in [5, 5.41) is 3.40. The van der Waals surface area contributed by atoms with Crippen molar-refractivity contribution in [2.24, 2.45) is 0 Å². The molecule has 1 saturated heterocycles. The summed E-state index contributed by atoms with van der Waals surface area (Å²) in [5.41, 5.74) is 0.632. The fourth-order valence-electron chi connectivity index (χ4n) is 2.55. The number of hydrogen-bond acceptors (Lipinski definition) is 4. The van der Waals surface area contributed by atoms with Crippen molar-refractivity contribution in [3.05, 3.63) is 0 Å². The largest absolute Gasteiger partial charge is 0.393 e. The van der Waals surface area contributed by atoms with Gasteiger partial charge in [0.15, 0.2) is 0 Å². The van der Waals surface area contributed by atoms with Crippen molar-refractivity contribution >= 4 is 9.28 Å². The summed E-state index contributed by atoms with van der Waals surface area (Å²) in [6.07, 6.45) is 3.69. The molecule has 1 heterocycles. The van der Waals surface area contributed by atoms with Crippen molar-refractivity contribution in [1.82, 2.24) is 10.2 Å². The van der Waals surface area contributed by atoms with E-state index in [0.29, 0.717) is 5.54 Å². The van der Waals surface area contributed by atoms with E-state index in [1.807, 2.05) is 0 Å². The second-order valence-electron chi connectivity index (χ2n) is 5.02. The maximum atomic E-state index is 5.83. The molecule has 0 aromatic rings. The number of hydrogen-bond donors (Lipinski definition) is 1. The van der Waals surface area contributed by atoms with Gasteiger partial charge < -0.3 is 19.1 Å². The lowest BCUT2D eigenvalue weighted by Gasteiger charge is -2.28. The molecule has 0 spiro atoms. The monoisotopic (exact) mass is 287 g/mol. The fourth-order valence-corrected chi connectivity index (χ4v) is 4.44. The van der Waals surface area contributed by atoms with E-state index in [1.54, 1.807) is 0 Å². The summed E-state index contributed by atoms with van der Waals surface area (Å²) in [5.74, 6) is 0. The van der Waals surface area contributed by atoms with Crippen molar-refractivity contribution in [3.8, 4) is 0 Å². The number of piperazine rings is 1. The van der Waals surface area contributed by atoms with Gasteiger partial charge in [-0.15, -0.1) is 0 Å². The van der Waals surface area contributed by atoms with Crippen LogP contribution in [0.4, 0.5) is 0 Å². The molecule has 0 aliphatic carbocycles. The maximum absolute atomic E-state index is 5.83. The van der Waals surface area contributed by atoms with Gasteiger partial charge in [0.05, 0.1) is 0 Å². The number of nitrogens with one attached hydrogen (secondary N) is 1. The van der Waals surface area contributed by atoms with Crippen LogP contribution in [0.1, 0.15) is 40.0 Å². The maximum Gasteiger partial charge on any atom is 0.387 e. The lowest BCUT2D eigenvalue weighted by molar-refractivity contribution is 0.196. The Morgan fingerprint density at radius 1 is 1.11 bits per heavy atom. The van der Waals surface area contributed by atoms with Crippen LogP contribution in [-0.4, -0.2) is 60.1 Å². The van der Waals surface area contributed by atoms with Gasteiger partial charge in [0.2, 0.25) is 0 Å². The summed E-state index contributed by atoms with van der Waals surface area (Å²) in [6, 6.07) is 0. The molecular formula is C14H31N2O2Si. The molecule has 0 amide bonds. The first-order chi connectivity index (χ1) is 9.31. The van der Waals surface area contributed by atoms with Gasteiger partial charge in [0.1, 0.15) is 0 Å². The second-order valence-corrected chi connectivity index (χ2v) is 7.06. The van der Waals surface area contributed by atoms with E-state index in [1.165, 1.54) is 38.9 Å². The highest BCUT2D eigenvalue weighted by Gasteiger charge is 2.26. The van der Waals surface area contributed by atoms with Gasteiger partial charge in [-0.25, -0.2) is 0 Å². The van der Waals surface area contributed by atoms with Crippen molar-refractivity contribution in [2.75, 3.05) is 45.9 Å². The Labute approximate surface area is 120 Å². The second kappa shape index (κ2) is 10.8. The SMILES string of the molecule is CCO[Si](OCC)C(CC)CCCN1CCNCC1. The van der Waals surface area contributed by atoms with E-state index in [4.69, 9.17) is 8.85 Å². The summed E-state index contributed by atoms with van der Waals surface area (Å²) in [4.78, 5) is 2.57. The Morgan fingerprint density at radius 2 is 1.74 bits per heavy atom. The molecule has 113 valence electrons. The van der Waals surface area contributed by atoms with Crippen molar-refractivity contribution in [2.45, 2.75) is 45.6 Å². The first-order valence-corrected chi connectivity index (χ1v) is 9.26. The van der Waals surface area contributed by atoms with Gasteiger partial charge in [-0.05, 0) is 33.2 Å². The molecule has 0 bridgehead atoms. The molecule has 0 saturated carbocycles. The Balaban J connectivity index is 2.25. The van der Waals surface area contributed by atoms with Crippen LogP contribution < -0.4 is 5.32 Å². The highest BCUT2D eigenvalue weighted by Crippen LogP contribution is 2.23. The van der Waals surface area contributed by atoms with Crippen LogP contribution in [0.15, 0.2) is 0 Å². The molecule has 0 aromatic carbocycles. The van der Waals surface area contributed by atoms with Gasteiger partial charge in [-0.1, -0.05) is 13.3 Å². The molecule has 0 aromatic heterocycles. The van der Waals surface area contributed by atoms with E-state index >= 15 is 0 Å². The summed E-state index contributed by atoms with van der Waals surface area (Å²) in [6.45, 7) is 13.9. The van der Waals surface area contributed by atoms with Gasteiger partial charge in [0.25, 0.3) is 0 Å². The standard InChI is InChI=1S/C14H31N2O2Si/c1-4-14(19(17-5-2)18-6-3)8-7-11-16-12-9-15-10-13-16/h14-15H,4-13H2,1-3H3. The Hall–Kier alpha value is 0.0569. The lowest BCUT2D eigenvalue weighted by Crippen LogP contribution is -2.43. The Bertz CT molecular complexity index is 208. The lowest BCUT2D eigenvalue weighted by atomic mass is 10.2. The normalized spacial score (nSPS) is 18.9. The van der Waals surface area contributed by atoms with Crippen molar-refractivity contribution < 1.29 is 8.85 Å². The van der Waals surface area contributed by atoms with Crippen LogP contribution in [-0.2, 0) is 8.85 Å². The molecule has 19 heavy (non-hydrogen) atoms. The van der Waals surface area contributed by atoms with E-state index < -0.39 is 9.28 Å². The third-order valence-corrected chi connectivity index (χ3v) is 6.15. The first kappa shape index (κ1) is 17.1. The van der Waals surface area contributed by atoms with Crippen LogP contribution in [0.3, 0.4) is 0 Å². The molecule has 1 N–H and O–H groups in total. The van der Waals surface area contributed by atoms with Crippen LogP contribution >= 0.6 is 0 Å². The average molecular weight is 288 g/mol. The van der Waals surface area contributed by atoms with Gasteiger partial charge in [-0.3, -0.25) is 0 Å². The predicted molar refractivity (Wildman–Crippen MR) is 81.6 cm³/mol. The summed E-state index contributed by atoms with van der Waals surface area (Å²) >= 11 is 0. The van der Waals surface area contributed by atoms with Crippen molar-refractivity contribution in [1.29, 1.82) is 0 Å². The van der Waals surface area contributed by atoms with E-state index in [-0.39, 0.29) is 0 Å². The zero-order valence-corrected chi connectivity index (χ0v) is 13.9. The molecule has 1 atom stereocenters.